The lowest BCUT2D eigenvalue weighted by Crippen LogP contribution is -2.35. The van der Waals surface area contributed by atoms with E-state index in [9.17, 15) is 13.2 Å². The van der Waals surface area contributed by atoms with Gasteiger partial charge in [0, 0.05) is 29.7 Å². The maximum Gasteiger partial charge on any atom is 0.240 e. The van der Waals surface area contributed by atoms with Crippen molar-refractivity contribution in [2.24, 2.45) is 0 Å². The zero-order valence-corrected chi connectivity index (χ0v) is 16.8. The molecule has 1 aromatic rings. The zero-order valence-electron chi connectivity index (χ0n) is 15.2. The molecule has 2 aliphatic heterocycles. The van der Waals surface area contributed by atoms with Crippen LogP contribution in [0.4, 0.5) is 5.69 Å². The van der Waals surface area contributed by atoms with Crippen molar-refractivity contribution in [3.63, 3.8) is 0 Å². The van der Waals surface area contributed by atoms with Crippen LogP contribution in [0.2, 0.25) is 0 Å². The lowest BCUT2D eigenvalue weighted by molar-refractivity contribution is -0.116. The van der Waals surface area contributed by atoms with Gasteiger partial charge < -0.3 is 10.2 Å². The molecule has 0 radical (unpaired) electrons. The van der Waals surface area contributed by atoms with Crippen LogP contribution in [-0.2, 0) is 14.8 Å². The van der Waals surface area contributed by atoms with E-state index in [0.717, 1.165) is 24.5 Å². The highest BCUT2D eigenvalue weighted by atomic mass is 32.2. The van der Waals surface area contributed by atoms with Gasteiger partial charge in [-0.05, 0) is 44.1 Å². The lowest BCUT2D eigenvalue weighted by Gasteiger charge is -2.19. The Labute approximate surface area is 160 Å². The molecule has 1 aromatic carbocycles. The molecule has 2 aliphatic rings. The van der Waals surface area contributed by atoms with E-state index in [1.54, 1.807) is 30.0 Å². The van der Waals surface area contributed by atoms with Gasteiger partial charge in [0.25, 0.3) is 0 Å². The van der Waals surface area contributed by atoms with Crippen molar-refractivity contribution in [1.29, 1.82) is 0 Å². The third kappa shape index (κ3) is 5.22. The molecule has 0 aliphatic carbocycles. The molecule has 1 atom stereocenters. The number of rotatable bonds is 5. The van der Waals surface area contributed by atoms with Gasteiger partial charge in [-0.2, -0.15) is 0 Å². The van der Waals surface area contributed by atoms with Crippen molar-refractivity contribution in [2.45, 2.75) is 54.1 Å². The Bertz CT molecular complexity index is 744. The van der Waals surface area contributed by atoms with Gasteiger partial charge in [-0.1, -0.05) is 19.8 Å². The van der Waals surface area contributed by atoms with Crippen LogP contribution in [0.3, 0.4) is 0 Å². The van der Waals surface area contributed by atoms with Crippen LogP contribution >= 0.6 is 11.8 Å². The van der Waals surface area contributed by atoms with Crippen LogP contribution in [0.1, 0.15) is 39.0 Å². The second-order valence-corrected chi connectivity index (χ2v) is 10.2. The van der Waals surface area contributed by atoms with Crippen LogP contribution in [0, 0.1) is 0 Å². The molecule has 0 saturated carbocycles. The second-order valence-electron chi connectivity index (χ2n) is 6.99. The van der Waals surface area contributed by atoms with Crippen LogP contribution in [0.15, 0.2) is 28.0 Å². The summed E-state index contributed by atoms with van der Waals surface area (Å²) in [7, 11) is -3.58. The maximum absolute atomic E-state index is 12.6. The minimum absolute atomic E-state index is 0.0765. The van der Waals surface area contributed by atoms with Gasteiger partial charge in [0.15, 0.2) is 0 Å². The minimum atomic E-state index is -3.58. The Hall–Kier alpha value is -1.09. The van der Waals surface area contributed by atoms with E-state index in [0.29, 0.717) is 18.7 Å². The number of nitrogens with zero attached hydrogens (tertiary/aromatic N) is 1. The van der Waals surface area contributed by atoms with Crippen LogP contribution in [-0.4, -0.2) is 50.7 Å². The Morgan fingerprint density at radius 1 is 1.23 bits per heavy atom. The molecule has 8 heteroatoms. The summed E-state index contributed by atoms with van der Waals surface area (Å²) in [4.78, 5) is 15.3. The number of likely N-dealkylation sites (tertiary alicyclic amines) is 1. The van der Waals surface area contributed by atoms with Crippen molar-refractivity contribution in [3.05, 3.63) is 18.2 Å². The summed E-state index contributed by atoms with van der Waals surface area (Å²) in [5.41, 5.74) is 0.583. The standard InChI is InChI=1S/C18H27N3O3S2/c1-14-12-18(22)20-16-13-15(6-7-17(16)25-14)26(23,24)19-8-11-21-9-4-2-3-5-10-21/h6-7,13-14,19H,2-5,8-12H2,1H3,(H,20,22). The van der Waals surface area contributed by atoms with Crippen LogP contribution in [0.25, 0.3) is 0 Å². The van der Waals surface area contributed by atoms with Gasteiger partial charge in [-0.25, -0.2) is 13.1 Å². The zero-order chi connectivity index (χ0) is 18.6. The topological polar surface area (TPSA) is 78.5 Å². The summed E-state index contributed by atoms with van der Waals surface area (Å²) in [6, 6.07) is 4.96. The van der Waals surface area contributed by atoms with Gasteiger partial charge in [-0.3, -0.25) is 4.79 Å². The molecule has 1 unspecified atom stereocenters. The van der Waals surface area contributed by atoms with Crippen molar-refractivity contribution in [3.8, 4) is 0 Å². The number of carbonyl (C=O) groups excluding carboxylic acids is 1. The smallest absolute Gasteiger partial charge is 0.240 e. The fourth-order valence-electron chi connectivity index (χ4n) is 3.38. The number of benzene rings is 1. The number of sulfonamides is 1. The van der Waals surface area contributed by atoms with Gasteiger partial charge in [0.05, 0.1) is 10.6 Å². The Kier molecular flexibility index (Phi) is 6.60. The van der Waals surface area contributed by atoms with Crippen LogP contribution < -0.4 is 10.0 Å². The van der Waals surface area contributed by atoms with E-state index < -0.39 is 10.0 Å². The number of nitrogens with one attached hydrogen (secondary N) is 2. The first-order valence-electron chi connectivity index (χ1n) is 9.26. The van der Waals surface area contributed by atoms with Crippen molar-refractivity contribution in [1.82, 2.24) is 9.62 Å². The van der Waals surface area contributed by atoms with E-state index >= 15 is 0 Å². The molecule has 1 saturated heterocycles. The predicted molar refractivity (Wildman–Crippen MR) is 105 cm³/mol. The Morgan fingerprint density at radius 2 is 1.96 bits per heavy atom. The van der Waals surface area contributed by atoms with Gasteiger partial charge in [-0.15, -0.1) is 11.8 Å². The number of carbonyl (C=O) groups is 1. The number of anilines is 1. The molecule has 1 fully saturated rings. The van der Waals surface area contributed by atoms with Gasteiger partial charge in [0.2, 0.25) is 15.9 Å². The molecule has 0 aromatic heterocycles. The molecule has 2 heterocycles. The Balaban J connectivity index is 1.64. The SMILES string of the molecule is CC1CC(=O)Nc2cc(S(=O)(=O)NCCN3CCCCCC3)ccc2S1. The molecule has 3 rings (SSSR count). The molecule has 144 valence electrons. The molecule has 0 bridgehead atoms. The van der Waals surface area contributed by atoms with Crippen molar-refractivity contribution < 1.29 is 13.2 Å². The van der Waals surface area contributed by atoms with E-state index in [1.165, 1.54) is 25.7 Å². The lowest BCUT2D eigenvalue weighted by atomic mass is 10.2. The third-order valence-corrected chi connectivity index (χ3v) is 7.39. The molecular formula is C18H27N3O3S2. The van der Waals surface area contributed by atoms with Gasteiger partial charge in [0.1, 0.15) is 0 Å². The normalized spacial score (nSPS) is 22.2. The summed E-state index contributed by atoms with van der Waals surface area (Å²) in [5.74, 6) is -0.0765. The first-order valence-corrected chi connectivity index (χ1v) is 11.6. The quantitative estimate of drug-likeness (QED) is 0.799. The average molecular weight is 398 g/mol. The number of thioether (sulfide) groups is 1. The van der Waals surface area contributed by atoms with Crippen molar-refractivity contribution in [2.75, 3.05) is 31.5 Å². The monoisotopic (exact) mass is 397 g/mol. The van der Waals surface area contributed by atoms with E-state index in [4.69, 9.17) is 0 Å². The highest BCUT2D eigenvalue weighted by Gasteiger charge is 2.22. The third-order valence-electron chi connectivity index (χ3n) is 4.76. The number of hydrogen-bond acceptors (Lipinski definition) is 5. The largest absolute Gasteiger partial charge is 0.325 e. The molecule has 1 amide bonds. The summed E-state index contributed by atoms with van der Waals surface area (Å²) in [6.07, 6.45) is 5.33. The molecule has 0 spiro atoms. The number of fused-ring (bicyclic) bond motifs is 1. The van der Waals surface area contributed by atoms with Crippen LogP contribution in [0.5, 0.6) is 0 Å². The first kappa shape index (κ1) is 19.7. The number of amides is 1. The van der Waals surface area contributed by atoms with Gasteiger partial charge >= 0.3 is 0 Å². The molecule has 26 heavy (non-hydrogen) atoms. The maximum atomic E-state index is 12.6. The highest BCUT2D eigenvalue weighted by Crippen LogP contribution is 2.36. The average Bonchev–Trinajstić information content (AvgIpc) is 2.91. The molecule has 6 nitrogen and oxygen atoms in total. The Morgan fingerprint density at radius 3 is 2.69 bits per heavy atom. The second kappa shape index (κ2) is 8.73. The fourth-order valence-corrected chi connectivity index (χ4v) is 5.48. The summed E-state index contributed by atoms with van der Waals surface area (Å²) in [5, 5.41) is 2.99. The molecule has 2 N–H and O–H groups in total. The highest BCUT2D eigenvalue weighted by molar-refractivity contribution is 8.00. The first-order chi connectivity index (χ1) is 12.4. The molecular weight excluding hydrogens is 370 g/mol. The van der Waals surface area contributed by atoms with E-state index in [1.807, 2.05) is 6.92 Å². The predicted octanol–water partition coefficient (Wildman–Crippen LogP) is 2.66. The van der Waals surface area contributed by atoms with E-state index in [-0.39, 0.29) is 16.1 Å². The minimum Gasteiger partial charge on any atom is -0.325 e. The number of hydrogen-bond donors (Lipinski definition) is 2. The van der Waals surface area contributed by atoms with E-state index in [2.05, 4.69) is 14.9 Å². The summed E-state index contributed by atoms with van der Waals surface area (Å²) < 4.78 is 27.9. The fraction of sp³-hybridized carbons (Fsp3) is 0.611. The van der Waals surface area contributed by atoms with Crippen molar-refractivity contribution >= 4 is 33.4 Å². The summed E-state index contributed by atoms with van der Waals surface area (Å²) >= 11 is 1.59. The summed E-state index contributed by atoms with van der Waals surface area (Å²) in [6.45, 7) is 5.21.